The molecule has 0 saturated carbocycles. The second-order valence-corrected chi connectivity index (χ2v) is 5.19. The molecule has 0 saturated heterocycles. The summed E-state index contributed by atoms with van der Waals surface area (Å²) in [5.74, 6) is 0. The number of fused-ring (bicyclic) bond motifs is 1. The summed E-state index contributed by atoms with van der Waals surface area (Å²) >= 11 is 5.64. The Hall–Kier alpha value is -2.54. The Morgan fingerprint density at radius 1 is 1.04 bits per heavy atom. The third-order valence-corrected chi connectivity index (χ3v) is 3.63. The monoisotopic (exact) mass is 340 g/mol. The zero-order chi connectivity index (χ0) is 16.8. The number of alkyl halides is 3. The fourth-order valence-electron chi connectivity index (χ4n) is 2.27. The van der Waals surface area contributed by atoms with Gasteiger partial charge in [0.2, 0.25) is 0 Å². The largest absolute Gasteiger partial charge is 0.417 e. The second-order valence-electron chi connectivity index (χ2n) is 4.78. The molecule has 3 rings (SSSR count). The number of hydrogen-bond acceptors (Lipinski definition) is 2. The average molecular weight is 341 g/mol. The van der Waals surface area contributed by atoms with Crippen LogP contribution in [0.25, 0.3) is 16.6 Å². The number of nitrogens with zero attached hydrogens (tertiary/aromatic N) is 1. The molecule has 0 atom stereocenters. The number of hydrogen-bond donors (Lipinski definition) is 1. The summed E-state index contributed by atoms with van der Waals surface area (Å²) < 4.78 is 38.9. The van der Waals surface area contributed by atoms with Gasteiger partial charge in [0.25, 0.3) is 5.56 Å². The highest BCUT2D eigenvalue weighted by Crippen LogP contribution is 2.35. The van der Waals surface area contributed by atoms with E-state index in [1.54, 1.807) is 18.2 Å². The fourth-order valence-corrected chi connectivity index (χ4v) is 2.55. The van der Waals surface area contributed by atoms with Gasteiger partial charge in [0.05, 0.1) is 27.2 Å². The molecule has 0 radical (unpaired) electrons. The molecule has 1 heterocycles. The zero-order valence-corrected chi connectivity index (χ0v) is 12.1. The number of aromatic nitrogens is 2. The number of para-hydroxylation sites is 1. The first-order valence-corrected chi connectivity index (χ1v) is 6.78. The number of nitrogens with one attached hydrogen (secondary N) is 1. The van der Waals surface area contributed by atoms with Crippen LogP contribution in [-0.4, -0.2) is 9.55 Å². The van der Waals surface area contributed by atoms with Crippen LogP contribution < -0.4 is 11.2 Å². The molecule has 1 aromatic heterocycles. The minimum absolute atomic E-state index is 0.0417. The summed E-state index contributed by atoms with van der Waals surface area (Å²) in [6.07, 6.45) is -4.61. The highest BCUT2D eigenvalue weighted by molar-refractivity contribution is 6.31. The van der Waals surface area contributed by atoms with E-state index in [0.717, 1.165) is 22.8 Å². The van der Waals surface area contributed by atoms with Crippen LogP contribution in [0.4, 0.5) is 13.2 Å². The number of H-pyrrole nitrogens is 1. The van der Waals surface area contributed by atoms with Crippen LogP contribution in [0.15, 0.2) is 52.1 Å². The maximum atomic E-state index is 12.7. The Kier molecular flexibility index (Phi) is 3.52. The van der Waals surface area contributed by atoms with Gasteiger partial charge in [-0.05, 0) is 30.3 Å². The topological polar surface area (TPSA) is 54.9 Å². The van der Waals surface area contributed by atoms with Crippen LogP contribution in [0.5, 0.6) is 0 Å². The third kappa shape index (κ3) is 2.63. The van der Waals surface area contributed by atoms with Gasteiger partial charge in [0.15, 0.2) is 0 Å². The maximum Gasteiger partial charge on any atom is 0.417 e. The quantitative estimate of drug-likeness (QED) is 0.738. The molecule has 0 amide bonds. The van der Waals surface area contributed by atoms with E-state index >= 15 is 0 Å². The summed E-state index contributed by atoms with van der Waals surface area (Å²) in [5, 5.41) is -0.349. The Morgan fingerprint density at radius 2 is 1.74 bits per heavy atom. The molecule has 0 unspecified atom stereocenters. The van der Waals surface area contributed by atoms with Gasteiger partial charge >= 0.3 is 11.9 Å². The number of aromatic amines is 1. The summed E-state index contributed by atoms with van der Waals surface area (Å²) in [6.45, 7) is 0. The molecule has 0 aliphatic carbocycles. The first-order chi connectivity index (χ1) is 10.8. The molecule has 2 aromatic carbocycles. The first-order valence-electron chi connectivity index (χ1n) is 6.40. The molecule has 0 aliphatic heterocycles. The highest BCUT2D eigenvalue weighted by atomic mass is 35.5. The summed E-state index contributed by atoms with van der Waals surface area (Å²) in [6, 6.07) is 9.04. The van der Waals surface area contributed by atoms with E-state index < -0.39 is 28.0 Å². The van der Waals surface area contributed by atoms with Crippen molar-refractivity contribution >= 4 is 22.5 Å². The SMILES string of the molecule is O=c1[nH]c2ccccc2c(=O)n1-c1ccc(C(F)(F)F)c(Cl)c1. The van der Waals surface area contributed by atoms with Gasteiger partial charge < -0.3 is 4.98 Å². The summed E-state index contributed by atoms with van der Waals surface area (Å²) in [4.78, 5) is 27.0. The van der Waals surface area contributed by atoms with E-state index in [2.05, 4.69) is 4.98 Å². The van der Waals surface area contributed by atoms with Crippen LogP contribution in [0.2, 0.25) is 5.02 Å². The molecule has 23 heavy (non-hydrogen) atoms. The zero-order valence-electron chi connectivity index (χ0n) is 11.3. The molecule has 0 spiro atoms. The lowest BCUT2D eigenvalue weighted by Crippen LogP contribution is -2.33. The lowest BCUT2D eigenvalue weighted by atomic mass is 10.2. The average Bonchev–Trinajstić information content (AvgIpc) is 2.46. The normalized spacial score (nSPS) is 11.8. The Labute approximate surface area is 131 Å². The number of halogens is 4. The number of rotatable bonds is 1. The Morgan fingerprint density at radius 3 is 2.39 bits per heavy atom. The first kappa shape index (κ1) is 15.4. The van der Waals surface area contributed by atoms with Crippen molar-refractivity contribution in [3.8, 4) is 5.69 Å². The molecule has 118 valence electrons. The van der Waals surface area contributed by atoms with Crippen molar-refractivity contribution in [2.45, 2.75) is 6.18 Å². The van der Waals surface area contributed by atoms with Crippen molar-refractivity contribution < 1.29 is 13.2 Å². The van der Waals surface area contributed by atoms with Gasteiger partial charge in [-0.2, -0.15) is 13.2 Å². The van der Waals surface area contributed by atoms with E-state index in [4.69, 9.17) is 11.6 Å². The standard InChI is InChI=1S/C15H8ClF3N2O2/c16-11-7-8(5-6-10(11)15(17,18)19)21-13(22)9-3-1-2-4-12(9)20-14(21)23/h1-7H,(H,20,23). The Balaban J connectivity index is 2.28. The fraction of sp³-hybridized carbons (Fsp3) is 0.0667. The van der Waals surface area contributed by atoms with E-state index in [1.807, 2.05) is 0 Å². The maximum absolute atomic E-state index is 12.7. The van der Waals surface area contributed by atoms with Crippen LogP contribution >= 0.6 is 11.6 Å². The van der Waals surface area contributed by atoms with Gasteiger partial charge in [-0.15, -0.1) is 0 Å². The van der Waals surface area contributed by atoms with Crippen LogP contribution in [-0.2, 0) is 6.18 Å². The van der Waals surface area contributed by atoms with Gasteiger partial charge in [0, 0.05) is 0 Å². The minimum Gasteiger partial charge on any atom is -0.306 e. The summed E-state index contributed by atoms with van der Waals surface area (Å²) in [7, 11) is 0. The van der Waals surface area contributed by atoms with Crippen molar-refractivity contribution in [2.75, 3.05) is 0 Å². The van der Waals surface area contributed by atoms with E-state index in [1.165, 1.54) is 6.07 Å². The van der Waals surface area contributed by atoms with Gasteiger partial charge in [-0.1, -0.05) is 23.7 Å². The molecule has 1 N–H and O–H groups in total. The van der Waals surface area contributed by atoms with Crippen molar-refractivity contribution in [3.63, 3.8) is 0 Å². The second kappa shape index (κ2) is 5.27. The Bertz CT molecular complexity index is 1020. The molecular weight excluding hydrogens is 333 g/mol. The van der Waals surface area contributed by atoms with Crippen LogP contribution in [0, 0.1) is 0 Å². The van der Waals surface area contributed by atoms with E-state index in [0.29, 0.717) is 5.52 Å². The van der Waals surface area contributed by atoms with Crippen molar-refractivity contribution in [1.82, 2.24) is 9.55 Å². The van der Waals surface area contributed by atoms with Crippen molar-refractivity contribution in [1.29, 1.82) is 0 Å². The van der Waals surface area contributed by atoms with E-state index in [-0.39, 0.29) is 11.1 Å². The van der Waals surface area contributed by atoms with Gasteiger partial charge in [-0.25, -0.2) is 9.36 Å². The smallest absolute Gasteiger partial charge is 0.306 e. The predicted molar refractivity (Wildman–Crippen MR) is 80.2 cm³/mol. The predicted octanol–water partition coefficient (Wildman–Crippen LogP) is 3.35. The lowest BCUT2D eigenvalue weighted by Gasteiger charge is -2.11. The molecular formula is C15H8ClF3N2O2. The molecule has 3 aromatic rings. The third-order valence-electron chi connectivity index (χ3n) is 3.32. The van der Waals surface area contributed by atoms with Crippen molar-refractivity contribution in [2.24, 2.45) is 0 Å². The van der Waals surface area contributed by atoms with Gasteiger partial charge in [-0.3, -0.25) is 4.79 Å². The van der Waals surface area contributed by atoms with Crippen LogP contribution in [0.1, 0.15) is 5.56 Å². The highest BCUT2D eigenvalue weighted by Gasteiger charge is 2.33. The minimum atomic E-state index is -4.61. The number of benzene rings is 2. The summed E-state index contributed by atoms with van der Waals surface area (Å²) in [5.41, 5.74) is -2.13. The molecule has 0 bridgehead atoms. The molecule has 4 nitrogen and oxygen atoms in total. The van der Waals surface area contributed by atoms with E-state index in [9.17, 15) is 22.8 Å². The molecule has 0 fully saturated rings. The molecule has 8 heteroatoms. The lowest BCUT2D eigenvalue weighted by molar-refractivity contribution is -0.137. The van der Waals surface area contributed by atoms with Crippen molar-refractivity contribution in [3.05, 3.63) is 73.9 Å². The molecule has 0 aliphatic rings. The van der Waals surface area contributed by atoms with Crippen LogP contribution in [0.3, 0.4) is 0 Å². The van der Waals surface area contributed by atoms with Gasteiger partial charge in [0.1, 0.15) is 0 Å².